The summed E-state index contributed by atoms with van der Waals surface area (Å²) in [6.07, 6.45) is 8.37. The molecule has 1 aliphatic rings. The maximum absolute atomic E-state index is 2.40. The largest absolute Gasteiger partial charge is 0.359 e. The Kier molecular flexibility index (Phi) is 4.48. The van der Waals surface area contributed by atoms with E-state index in [2.05, 4.69) is 59.5 Å². The van der Waals surface area contributed by atoms with Crippen LogP contribution in [-0.2, 0) is 6.54 Å². The fraction of sp³-hybridized carbons (Fsp3) is 0.467. The molecule has 0 atom stereocenters. The van der Waals surface area contributed by atoms with Gasteiger partial charge >= 0.3 is 0 Å². The Balaban J connectivity index is 1.74. The van der Waals surface area contributed by atoms with Crippen LogP contribution in [0, 0.1) is 0 Å². The lowest BCUT2D eigenvalue weighted by Crippen LogP contribution is -2.25. The third-order valence-electron chi connectivity index (χ3n) is 3.13. The first kappa shape index (κ1) is 12.0. The van der Waals surface area contributed by atoms with Gasteiger partial charge in [-0.15, -0.1) is 0 Å². The zero-order valence-electron chi connectivity index (χ0n) is 10.7. The van der Waals surface area contributed by atoms with Gasteiger partial charge in [0.1, 0.15) is 0 Å². The van der Waals surface area contributed by atoms with Crippen LogP contribution in [0.15, 0.2) is 42.7 Å². The molecule has 1 heterocycles. The predicted octanol–water partition coefficient (Wildman–Crippen LogP) is 3.42. The van der Waals surface area contributed by atoms with E-state index in [0.29, 0.717) is 0 Å². The van der Waals surface area contributed by atoms with Crippen molar-refractivity contribution in [3.63, 3.8) is 0 Å². The summed E-state index contributed by atoms with van der Waals surface area (Å²) in [5.41, 5.74) is 1.38. The maximum atomic E-state index is 2.40. The van der Waals surface area contributed by atoms with Crippen molar-refractivity contribution < 1.29 is 0 Å². The zero-order valence-corrected chi connectivity index (χ0v) is 10.7. The molecule has 0 radical (unpaired) electrons. The van der Waals surface area contributed by atoms with Gasteiger partial charge < -0.3 is 9.80 Å². The third kappa shape index (κ3) is 3.81. The van der Waals surface area contributed by atoms with Gasteiger partial charge in [-0.1, -0.05) is 50.1 Å². The standard InChI is InChI=1S/C15H22N2/c1-2-3-7-10-16-11-12-17(14-16)13-15-8-5-4-6-9-15/h4-6,8-9,11-12H,2-3,7,10,13-14H2,1H3. The van der Waals surface area contributed by atoms with E-state index < -0.39 is 0 Å². The highest BCUT2D eigenvalue weighted by Crippen LogP contribution is 2.12. The molecular formula is C15H22N2. The number of benzene rings is 1. The summed E-state index contributed by atoms with van der Waals surface area (Å²) in [4.78, 5) is 4.76. The first-order valence-electron chi connectivity index (χ1n) is 6.59. The van der Waals surface area contributed by atoms with Crippen LogP contribution in [0.5, 0.6) is 0 Å². The number of rotatable bonds is 6. The van der Waals surface area contributed by atoms with E-state index in [0.717, 1.165) is 13.2 Å². The van der Waals surface area contributed by atoms with Crippen LogP contribution in [0.25, 0.3) is 0 Å². The molecule has 1 aromatic carbocycles. The average Bonchev–Trinajstić information content (AvgIpc) is 2.79. The molecule has 1 aliphatic heterocycles. The quantitative estimate of drug-likeness (QED) is 0.691. The molecule has 0 unspecified atom stereocenters. The van der Waals surface area contributed by atoms with E-state index in [-0.39, 0.29) is 0 Å². The smallest absolute Gasteiger partial charge is 0.0897 e. The van der Waals surface area contributed by atoms with Crippen LogP contribution in [0.4, 0.5) is 0 Å². The van der Waals surface area contributed by atoms with Gasteiger partial charge in [0.2, 0.25) is 0 Å². The van der Waals surface area contributed by atoms with Crippen molar-refractivity contribution in [1.82, 2.24) is 9.80 Å². The number of hydrogen-bond donors (Lipinski definition) is 0. The first-order chi connectivity index (χ1) is 8.38. The summed E-state index contributed by atoms with van der Waals surface area (Å²) >= 11 is 0. The van der Waals surface area contributed by atoms with Crippen LogP contribution in [0.2, 0.25) is 0 Å². The normalized spacial score (nSPS) is 14.6. The summed E-state index contributed by atoms with van der Waals surface area (Å²) in [5.74, 6) is 0. The Labute approximate surface area is 105 Å². The monoisotopic (exact) mass is 230 g/mol. The highest BCUT2D eigenvalue weighted by atomic mass is 15.3. The van der Waals surface area contributed by atoms with Crippen molar-refractivity contribution in [3.05, 3.63) is 48.3 Å². The molecule has 2 nitrogen and oxygen atoms in total. The van der Waals surface area contributed by atoms with Crippen molar-refractivity contribution in [1.29, 1.82) is 0 Å². The highest BCUT2D eigenvalue weighted by molar-refractivity contribution is 5.15. The Morgan fingerprint density at radius 2 is 1.76 bits per heavy atom. The van der Waals surface area contributed by atoms with E-state index in [9.17, 15) is 0 Å². The van der Waals surface area contributed by atoms with Crippen molar-refractivity contribution in [2.24, 2.45) is 0 Å². The van der Waals surface area contributed by atoms with Gasteiger partial charge in [0.25, 0.3) is 0 Å². The molecule has 0 saturated heterocycles. The molecule has 0 saturated carbocycles. The summed E-state index contributed by atoms with van der Waals surface area (Å²) in [7, 11) is 0. The Bertz CT molecular complexity index is 345. The van der Waals surface area contributed by atoms with Gasteiger partial charge in [0.15, 0.2) is 0 Å². The lowest BCUT2D eigenvalue weighted by Gasteiger charge is -2.21. The maximum Gasteiger partial charge on any atom is 0.0897 e. The zero-order chi connectivity index (χ0) is 11.9. The molecule has 1 aromatic rings. The third-order valence-corrected chi connectivity index (χ3v) is 3.13. The van der Waals surface area contributed by atoms with Gasteiger partial charge in [0.05, 0.1) is 6.67 Å². The summed E-state index contributed by atoms with van der Waals surface area (Å²) in [6.45, 7) is 5.50. The first-order valence-corrected chi connectivity index (χ1v) is 6.59. The fourth-order valence-electron chi connectivity index (χ4n) is 2.15. The molecule has 92 valence electrons. The summed E-state index contributed by atoms with van der Waals surface area (Å²) in [5, 5.41) is 0. The minimum Gasteiger partial charge on any atom is -0.359 e. The van der Waals surface area contributed by atoms with Crippen LogP contribution in [0.1, 0.15) is 31.7 Å². The Morgan fingerprint density at radius 3 is 2.53 bits per heavy atom. The van der Waals surface area contributed by atoms with Crippen LogP contribution < -0.4 is 0 Å². The Morgan fingerprint density at radius 1 is 1.00 bits per heavy atom. The second-order valence-corrected chi connectivity index (χ2v) is 4.69. The van der Waals surface area contributed by atoms with E-state index >= 15 is 0 Å². The van der Waals surface area contributed by atoms with Gasteiger partial charge in [-0.2, -0.15) is 0 Å². The van der Waals surface area contributed by atoms with Crippen molar-refractivity contribution in [3.8, 4) is 0 Å². The minimum absolute atomic E-state index is 1.02. The molecule has 0 bridgehead atoms. The molecular weight excluding hydrogens is 208 g/mol. The molecule has 0 fully saturated rings. The fourth-order valence-corrected chi connectivity index (χ4v) is 2.15. The second-order valence-electron chi connectivity index (χ2n) is 4.69. The van der Waals surface area contributed by atoms with Gasteiger partial charge in [-0.25, -0.2) is 0 Å². The van der Waals surface area contributed by atoms with Crippen LogP contribution in [-0.4, -0.2) is 23.0 Å². The lowest BCUT2D eigenvalue weighted by molar-refractivity contribution is 0.256. The SMILES string of the molecule is CCCCCN1C=CN(Cc2ccccc2)C1. The number of unbranched alkanes of at least 4 members (excludes halogenated alkanes) is 2. The highest BCUT2D eigenvalue weighted by Gasteiger charge is 2.11. The molecule has 0 spiro atoms. The van der Waals surface area contributed by atoms with E-state index in [1.165, 1.54) is 31.4 Å². The van der Waals surface area contributed by atoms with Crippen molar-refractivity contribution in [2.45, 2.75) is 32.7 Å². The second kappa shape index (κ2) is 6.33. The lowest BCUT2D eigenvalue weighted by atomic mass is 10.2. The molecule has 0 aliphatic carbocycles. The summed E-state index contributed by atoms with van der Waals surface area (Å²) < 4.78 is 0. The minimum atomic E-state index is 1.02. The molecule has 0 aromatic heterocycles. The van der Waals surface area contributed by atoms with Gasteiger partial charge in [-0.3, -0.25) is 0 Å². The number of hydrogen-bond acceptors (Lipinski definition) is 2. The average molecular weight is 230 g/mol. The van der Waals surface area contributed by atoms with E-state index in [1.807, 2.05) is 0 Å². The molecule has 0 N–H and O–H groups in total. The van der Waals surface area contributed by atoms with Crippen LogP contribution >= 0.6 is 0 Å². The Hall–Kier alpha value is -1.44. The van der Waals surface area contributed by atoms with Gasteiger partial charge in [0, 0.05) is 25.5 Å². The molecule has 0 amide bonds. The number of nitrogens with zero attached hydrogens (tertiary/aromatic N) is 2. The molecule has 17 heavy (non-hydrogen) atoms. The van der Waals surface area contributed by atoms with E-state index in [1.54, 1.807) is 0 Å². The topological polar surface area (TPSA) is 6.48 Å². The van der Waals surface area contributed by atoms with Crippen molar-refractivity contribution in [2.75, 3.05) is 13.2 Å². The predicted molar refractivity (Wildman–Crippen MR) is 72.2 cm³/mol. The molecule has 2 rings (SSSR count). The van der Waals surface area contributed by atoms with E-state index in [4.69, 9.17) is 0 Å². The molecule has 2 heteroatoms. The van der Waals surface area contributed by atoms with Crippen molar-refractivity contribution >= 4 is 0 Å². The van der Waals surface area contributed by atoms with Crippen LogP contribution in [0.3, 0.4) is 0 Å². The summed E-state index contributed by atoms with van der Waals surface area (Å²) in [6, 6.07) is 10.7. The van der Waals surface area contributed by atoms with Gasteiger partial charge in [-0.05, 0) is 12.0 Å².